The third-order valence-electron chi connectivity index (χ3n) is 10.3. The lowest BCUT2D eigenvalue weighted by molar-refractivity contribution is 0.0119. The zero-order valence-corrected chi connectivity index (χ0v) is 23.2. The number of nitrogens with zero attached hydrogens (tertiary/aromatic N) is 1. The van der Waals surface area contributed by atoms with Gasteiger partial charge in [0.1, 0.15) is 6.17 Å². The Morgan fingerprint density at radius 1 is 1.08 bits per heavy atom. The van der Waals surface area contributed by atoms with Crippen molar-refractivity contribution in [2.24, 2.45) is 11.3 Å². The van der Waals surface area contributed by atoms with Gasteiger partial charge in [-0.1, -0.05) is 70.5 Å². The van der Waals surface area contributed by atoms with Crippen LogP contribution in [-0.2, 0) is 16.6 Å². The van der Waals surface area contributed by atoms with Crippen LogP contribution >= 0.6 is 0 Å². The first kappa shape index (κ1) is 25.1. The zero-order valence-electron chi connectivity index (χ0n) is 23.2. The van der Waals surface area contributed by atoms with Gasteiger partial charge < -0.3 is 9.64 Å². The Bertz CT molecular complexity index is 1170. The van der Waals surface area contributed by atoms with E-state index in [-0.39, 0.29) is 29.0 Å². The summed E-state index contributed by atoms with van der Waals surface area (Å²) >= 11 is 0. The number of rotatable bonds is 6. The average Bonchev–Trinajstić information content (AvgIpc) is 3.49. The first-order chi connectivity index (χ1) is 17.8. The minimum atomic E-state index is -0.0672. The summed E-state index contributed by atoms with van der Waals surface area (Å²) in [6.45, 7) is 12.1. The molecule has 198 valence electrons. The molecule has 2 aliphatic heterocycles. The van der Waals surface area contributed by atoms with Gasteiger partial charge in [-0.15, -0.1) is 0 Å². The van der Waals surface area contributed by atoms with E-state index in [1.807, 2.05) is 12.1 Å². The lowest BCUT2D eigenvalue weighted by atomic mass is 9.49. The van der Waals surface area contributed by atoms with Crippen LogP contribution in [0.2, 0.25) is 0 Å². The molecular formula is C33H44N2O2. The molecule has 1 saturated heterocycles. The lowest BCUT2D eigenvalue weighted by Crippen LogP contribution is -2.54. The fourth-order valence-electron chi connectivity index (χ4n) is 8.33. The Hall–Kier alpha value is -2.17. The van der Waals surface area contributed by atoms with E-state index in [2.05, 4.69) is 68.2 Å². The fraction of sp³-hybridized carbons (Fsp3) is 0.606. The molecule has 2 aliphatic carbocycles. The molecule has 5 atom stereocenters. The summed E-state index contributed by atoms with van der Waals surface area (Å²) in [7, 11) is 0. The number of amides is 1. The molecule has 0 aromatic heterocycles. The van der Waals surface area contributed by atoms with Crippen LogP contribution in [0.1, 0.15) is 111 Å². The normalized spacial score (nSPS) is 32.9. The largest absolute Gasteiger partial charge is 0.376 e. The van der Waals surface area contributed by atoms with E-state index in [0.717, 1.165) is 37.1 Å². The Labute approximate surface area is 223 Å². The SMILES string of the molecule is CC(C)c1ccc2c(c1)CC[C@@H]1[C@](C)(CN[C@@H]3c4ccccc4C(=O)N3C[C@@H]3CCCO3)CCC[C@@]21C. The van der Waals surface area contributed by atoms with Crippen molar-refractivity contribution < 1.29 is 9.53 Å². The first-order valence-corrected chi connectivity index (χ1v) is 14.7. The van der Waals surface area contributed by atoms with E-state index in [1.165, 1.54) is 37.7 Å². The average molecular weight is 501 g/mol. The highest BCUT2D eigenvalue weighted by Crippen LogP contribution is 2.57. The van der Waals surface area contributed by atoms with E-state index in [4.69, 9.17) is 4.74 Å². The number of ether oxygens (including phenoxy) is 1. The van der Waals surface area contributed by atoms with Crippen LogP contribution in [0.15, 0.2) is 42.5 Å². The third kappa shape index (κ3) is 4.25. The molecule has 6 rings (SSSR count). The molecule has 1 saturated carbocycles. The molecule has 2 fully saturated rings. The van der Waals surface area contributed by atoms with Crippen molar-refractivity contribution in [1.82, 2.24) is 10.2 Å². The van der Waals surface area contributed by atoms with Crippen LogP contribution in [-0.4, -0.2) is 36.6 Å². The molecule has 1 amide bonds. The highest BCUT2D eigenvalue weighted by atomic mass is 16.5. The van der Waals surface area contributed by atoms with Crippen molar-refractivity contribution >= 4 is 5.91 Å². The quantitative estimate of drug-likeness (QED) is 0.477. The van der Waals surface area contributed by atoms with Gasteiger partial charge in [-0.2, -0.15) is 0 Å². The summed E-state index contributed by atoms with van der Waals surface area (Å²) in [6.07, 6.45) is 8.44. The molecule has 0 bridgehead atoms. The Kier molecular flexibility index (Phi) is 6.48. The van der Waals surface area contributed by atoms with E-state index in [1.54, 1.807) is 11.1 Å². The molecule has 4 aliphatic rings. The Morgan fingerprint density at radius 3 is 2.70 bits per heavy atom. The minimum Gasteiger partial charge on any atom is -0.376 e. The number of benzene rings is 2. The number of nitrogens with one attached hydrogen (secondary N) is 1. The van der Waals surface area contributed by atoms with Crippen molar-refractivity contribution in [2.45, 2.75) is 96.2 Å². The standard InChI is InChI=1S/C33H44N2O2/c1-22(2)23-12-14-28-24(19-23)13-15-29-32(3,16-8-17-33(28,29)4)21-34-30-26-10-5-6-11-27(26)31(36)35(30)20-25-9-7-18-37-25/h5-6,10-12,14,19,22,25,29-30,34H,7-9,13,15-18,20-21H2,1-4H3/t25-,29+,30-,32-,33-/m0/s1. The van der Waals surface area contributed by atoms with Crippen molar-refractivity contribution in [3.63, 3.8) is 0 Å². The molecule has 1 N–H and O–H groups in total. The van der Waals surface area contributed by atoms with Gasteiger partial charge in [-0.3, -0.25) is 10.1 Å². The monoisotopic (exact) mass is 500 g/mol. The smallest absolute Gasteiger partial charge is 0.255 e. The topological polar surface area (TPSA) is 41.6 Å². The van der Waals surface area contributed by atoms with Crippen molar-refractivity contribution in [1.29, 1.82) is 0 Å². The van der Waals surface area contributed by atoms with Gasteiger partial charge in [0, 0.05) is 30.8 Å². The maximum Gasteiger partial charge on any atom is 0.255 e. The highest BCUT2D eigenvalue weighted by Gasteiger charge is 2.52. The molecule has 2 aromatic rings. The molecule has 2 heterocycles. The van der Waals surface area contributed by atoms with Gasteiger partial charge in [0.2, 0.25) is 0 Å². The van der Waals surface area contributed by atoms with Gasteiger partial charge in [0.05, 0.1) is 6.10 Å². The van der Waals surface area contributed by atoms with Gasteiger partial charge in [-0.25, -0.2) is 0 Å². The molecule has 0 spiro atoms. The lowest BCUT2D eigenvalue weighted by Gasteiger charge is -2.56. The number of carbonyl (C=O) groups excluding carboxylic acids is 1. The van der Waals surface area contributed by atoms with Crippen molar-refractivity contribution in [3.8, 4) is 0 Å². The van der Waals surface area contributed by atoms with Crippen LogP contribution in [0.25, 0.3) is 0 Å². The number of aryl methyl sites for hydroxylation is 1. The second-order valence-electron chi connectivity index (χ2n) is 13.1. The molecule has 0 radical (unpaired) electrons. The van der Waals surface area contributed by atoms with Crippen LogP contribution < -0.4 is 5.32 Å². The second-order valence-corrected chi connectivity index (χ2v) is 13.1. The third-order valence-corrected chi connectivity index (χ3v) is 10.3. The van der Waals surface area contributed by atoms with Gasteiger partial charge in [0.25, 0.3) is 5.91 Å². The number of hydrogen-bond donors (Lipinski definition) is 1. The van der Waals surface area contributed by atoms with Crippen molar-refractivity contribution in [3.05, 3.63) is 70.3 Å². The molecule has 4 heteroatoms. The fourth-order valence-corrected chi connectivity index (χ4v) is 8.33. The summed E-state index contributed by atoms with van der Waals surface area (Å²) in [4.78, 5) is 15.5. The van der Waals surface area contributed by atoms with Crippen LogP contribution in [0.3, 0.4) is 0 Å². The minimum absolute atomic E-state index is 0.0672. The first-order valence-electron chi connectivity index (χ1n) is 14.7. The Morgan fingerprint density at radius 2 is 1.92 bits per heavy atom. The summed E-state index contributed by atoms with van der Waals surface area (Å²) in [5.41, 5.74) is 7.04. The second kappa shape index (κ2) is 9.54. The van der Waals surface area contributed by atoms with Gasteiger partial charge in [0.15, 0.2) is 0 Å². The van der Waals surface area contributed by atoms with E-state index in [0.29, 0.717) is 18.4 Å². The molecule has 4 nitrogen and oxygen atoms in total. The maximum absolute atomic E-state index is 13.4. The predicted molar refractivity (Wildman–Crippen MR) is 149 cm³/mol. The summed E-state index contributed by atoms with van der Waals surface area (Å²) in [5.74, 6) is 1.36. The summed E-state index contributed by atoms with van der Waals surface area (Å²) in [5, 5.41) is 3.95. The number of hydrogen-bond acceptors (Lipinski definition) is 3. The predicted octanol–water partition coefficient (Wildman–Crippen LogP) is 6.74. The van der Waals surface area contributed by atoms with E-state index < -0.39 is 0 Å². The van der Waals surface area contributed by atoms with Crippen LogP contribution in [0.4, 0.5) is 0 Å². The van der Waals surface area contributed by atoms with Crippen LogP contribution in [0.5, 0.6) is 0 Å². The highest BCUT2D eigenvalue weighted by molar-refractivity contribution is 5.99. The van der Waals surface area contributed by atoms with Gasteiger partial charge >= 0.3 is 0 Å². The maximum atomic E-state index is 13.4. The van der Waals surface area contributed by atoms with Crippen molar-refractivity contribution in [2.75, 3.05) is 19.7 Å². The number of carbonyl (C=O) groups is 1. The number of fused-ring (bicyclic) bond motifs is 4. The molecular weight excluding hydrogens is 456 g/mol. The van der Waals surface area contributed by atoms with Crippen LogP contribution in [0, 0.1) is 11.3 Å². The van der Waals surface area contributed by atoms with Gasteiger partial charge in [-0.05, 0) is 83.9 Å². The van der Waals surface area contributed by atoms with E-state index >= 15 is 0 Å². The summed E-state index contributed by atoms with van der Waals surface area (Å²) < 4.78 is 5.94. The Balaban J connectivity index is 1.25. The molecule has 37 heavy (non-hydrogen) atoms. The zero-order chi connectivity index (χ0) is 25.8. The van der Waals surface area contributed by atoms with E-state index in [9.17, 15) is 4.79 Å². The molecule has 0 unspecified atom stereocenters. The summed E-state index contributed by atoms with van der Waals surface area (Å²) in [6, 6.07) is 15.5. The molecule has 2 aromatic carbocycles.